The quantitative estimate of drug-likeness (QED) is 0.534. The predicted octanol–water partition coefficient (Wildman–Crippen LogP) is 3.50. The maximum atomic E-state index is 13.9. The van der Waals surface area contributed by atoms with Crippen LogP contribution >= 0.6 is 0 Å². The molecule has 32 heavy (non-hydrogen) atoms. The fraction of sp³-hybridized carbons (Fsp3) is 0.423. The zero-order valence-corrected chi connectivity index (χ0v) is 18.7. The van der Waals surface area contributed by atoms with E-state index >= 15 is 0 Å². The number of aliphatic imine (C=N–C) groups is 1. The lowest BCUT2D eigenvalue weighted by Gasteiger charge is -2.40. The van der Waals surface area contributed by atoms with Crippen molar-refractivity contribution in [2.24, 2.45) is 10.4 Å². The third kappa shape index (κ3) is 2.38. The van der Waals surface area contributed by atoms with Crippen molar-refractivity contribution in [1.29, 1.82) is 0 Å². The lowest BCUT2D eigenvalue weighted by atomic mass is 9.69. The number of ether oxygens (including phenoxy) is 2. The SMILES string of the molecule is CCOC(=O)C1(C(=O)OCC)[C@H](c2ccccc2)C2=NCC[C@@]23c2ccccc2N(C)[C@@H]13. The molecule has 1 aliphatic carbocycles. The van der Waals surface area contributed by atoms with Crippen molar-refractivity contribution >= 4 is 23.3 Å². The molecule has 0 unspecified atom stereocenters. The number of carbonyl (C=O) groups excluding carboxylic acids is 2. The molecule has 6 nitrogen and oxygen atoms in total. The van der Waals surface area contributed by atoms with Gasteiger partial charge in [0.05, 0.1) is 30.6 Å². The second kappa shape index (κ2) is 7.47. The van der Waals surface area contributed by atoms with Gasteiger partial charge in [-0.1, -0.05) is 48.5 Å². The number of nitrogens with zero attached hydrogens (tertiary/aromatic N) is 2. The van der Waals surface area contributed by atoms with Gasteiger partial charge in [-0.15, -0.1) is 0 Å². The fourth-order valence-electron chi connectivity index (χ4n) is 6.47. The van der Waals surface area contributed by atoms with Crippen LogP contribution in [0.3, 0.4) is 0 Å². The third-order valence-electron chi connectivity index (χ3n) is 7.38. The normalized spacial score (nSPS) is 26.7. The number of fused-ring (bicyclic) bond motifs is 1. The second-order valence-electron chi connectivity index (χ2n) is 8.67. The molecule has 0 saturated heterocycles. The molecule has 2 aromatic carbocycles. The molecule has 5 rings (SSSR count). The molecule has 3 atom stereocenters. The molecule has 0 bridgehead atoms. The van der Waals surface area contributed by atoms with Crippen molar-refractivity contribution in [2.75, 3.05) is 31.7 Å². The Hall–Kier alpha value is -3.15. The maximum Gasteiger partial charge on any atom is 0.326 e. The Kier molecular flexibility index (Phi) is 4.84. The highest BCUT2D eigenvalue weighted by Crippen LogP contribution is 2.66. The summed E-state index contributed by atoms with van der Waals surface area (Å²) in [6.07, 6.45) is 0.748. The summed E-state index contributed by atoms with van der Waals surface area (Å²) in [6, 6.07) is 17.4. The Labute approximate surface area is 188 Å². The van der Waals surface area contributed by atoms with Gasteiger partial charge < -0.3 is 14.4 Å². The summed E-state index contributed by atoms with van der Waals surface area (Å²) < 4.78 is 11.3. The second-order valence-corrected chi connectivity index (χ2v) is 8.67. The van der Waals surface area contributed by atoms with E-state index in [0.29, 0.717) is 6.54 Å². The zero-order chi connectivity index (χ0) is 22.5. The molecule has 1 saturated carbocycles. The number of esters is 2. The Morgan fingerprint density at radius 1 is 1.00 bits per heavy atom. The molecule has 6 heteroatoms. The van der Waals surface area contributed by atoms with Gasteiger partial charge in [0, 0.05) is 25.0 Å². The van der Waals surface area contributed by atoms with E-state index in [1.54, 1.807) is 13.8 Å². The van der Waals surface area contributed by atoms with Gasteiger partial charge in [0.25, 0.3) is 0 Å². The molecular weight excluding hydrogens is 404 g/mol. The molecule has 1 fully saturated rings. The Balaban J connectivity index is 1.86. The summed E-state index contributed by atoms with van der Waals surface area (Å²) in [5.74, 6) is -1.62. The zero-order valence-electron chi connectivity index (χ0n) is 18.7. The van der Waals surface area contributed by atoms with Crippen molar-refractivity contribution in [3.05, 3.63) is 65.7 Å². The standard InChI is InChI=1S/C26H28N2O4/c1-4-31-23(29)26(24(30)32-5-2)20(17-11-7-6-8-12-17)21-25(15-16-27-21)18-13-9-10-14-19(18)28(3)22(25)26/h6-14,20,22H,4-5,15-16H2,1-3H3/t20-,22-,25-/m1/s1. The third-order valence-corrected chi connectivity index (χ3v) is 7.38. The molecule has 2 aromatic rings. The first-order valence-corrected chi connectivity index (χ1v) is 11.3. The Morgan fingerprint density at radius 3 is 2.28 bits per heavy atom. The van der Waals surface area contributed by atoms with E-state index in [1.807, 2.05) is 49.5 Å². The van der Waals surface area contributed by atoms with E-state index in [1.165, 1.54) is 0 Å². The lowest BCUT2D eigenvalue weighted by Crippen LogP contribution is -2.59. The molecule has 3 aliphatic rings. The van der Waals surface area contributed by atoms with Crippen LogP contribution in [0.5, 0.6) is 0 Å². The number of para-hydroxylation sites is 1. The van der Waals surface area contributed by atoms with Crippen LogP contribution in [0, 0.1) is 5.41 Å². The van der Waals surface area contributed by atoms with E-state index in [0.717, 1.165) is 28.9 Å². The molecular formula is C26H28N2O4. The van der Waals surface area contributed by atoms with Crippen LogP contribution in [0.15, 0.2) is 59.6 Å². The number of rotatable bonds is 5. The molecule has 2 aliphatic heterocycles. The van der Waals surface area contributed by atoms with Crippen LogP contribution in [0.25, 0.3) is 0 Å². The van der Waals surface area contributed by atoms with Crippen LogP contribution in [0.4, 0.5) is 5.69 Å². The molecule has 0 radical (unpaired) electrons. The van der Waals surface area contributed by atoms with Crippen LogP contribution in [-0.2, 0) is 24.5 Å². The van der Waals surface area contributed by atoms with E-state index < -0.39 is 34.7 Å². The van der Waals surface area contributed by atoms with Gasteiger partial charge in [0.1, 0.15) is 0 Å². The number of benzene rings is 2. The summed E-state index contributed by atoms with van der Waals surface area (Å²) in [5, 5.41) is 0. The minimum Gasteiger partial charge on any atom is -0.465 e. The monoisotopic (exact) mass is 432 g/mol. The predicted molar refractivity (Wildman–Crippen MR) is 122 cm³/mol. The van der Waals surface area contributed by atoms with Gasteiger partial charge in [0.2, 0.25) is 0 Å². The number of carbonyl (C=O) groups is 2. The van der Waals surface area contributed by atoms with Gasteiger partial charge in [-0.2, -0.15) is 0 Å². The van der Waals surface area contributed by atoms with Crippen LogP contribution in [0.1, 0.15) is 37.3 Å². The average Bonchev–Trinajstić information content (AvgIpc) is 3.41. The summed E-state index contributed by atoms with van der Waals surface area (Å²) in [7, 11) is 1.97. The van der Waals surface area contributed by atoms with E-state index in [4.69, 9.17) is 14.5 Å². The van der Waals surface area contributed by atoms with Crippen molar-refractivity contribution in [2.45, 2.75) is 37.6 Å². The number of anilines is 1. The fourth-order valence-corrected chi connectivity index (χ4v) is 6.47. The summed E-state index contributed by atoms with van der Waals surface area (Å²) in [4.78, 5) is 34.9. The molecule has 2 heterocycles. The minimum absolute atomic E-state index is 0.185. The van der Waals surface area contributed by atoms with Gasteiger partial charge in [-0.25, -0.2) is 0 Å². The Bertz CT molecular complexity index is 1080. The van der Waals surface area contributed by atoms with Crippen molar-refractivity contribution in [1.82, 2.24) is 0 Å². The van der Waals surface area contributed by atoms with Gasteiger partial charge in [0.15, 0.2) is 5.41 Å². The van der Waals surface area contributed by atoms with Crippen molar-refractivity contribution in [3.63, 3.8) is 0 Å². The van der Waals surface area contributed by atoms with Crippen molar-refractivity contribution in [3.8, 4) is 0 Å². The number of likely N-dealkylation sites (N-methyl/N-ethyl adjacent to an activating group) is 1. The first kappa shape index (κ1) is 20.7. The number of hydrogen-bond donors (Lipinski definition) is 0. The first-order chi connectivity index (χ1) is 15.5. The topological polar surface area (TPSA) is 68.2 Å². The highest BCUT2D eigenvalue weighted by Gasteiger charge is 2.79. The van der Waals surface area contributed by atoms with Crippen LogP contribution in [0.2, 0.25) is 0 Å². The average molecular weight is 433 g/mol. The van der Waals surface area contributed by atoms with Crippen LogP contribution < -0.4 is 4.90 Å². The molecule has 0 amide bonds. The van der Waals surface area contributed by atoms with Crippen LogP contribution in [-0.4, -0.2) is 50.5 Å². The van der Waals surface area contributed by atoms with Gasteiger partial charge in [-0.05, 0) is 37.5 Å². The number of hydrogen-bond acceptors (Lipinski definition) is 6. The lowest BCUT2D eigenvalue weighted by molar-refractivity contribution is -0.174. The van der Waals surface area contributed by atoms with Crippen molar-refractivity contribution < 1.29 is 19.1 Å². The van der Waals surface area contributed by atoms with E-state index in [9.17, 15) is 9.59 Å². The summed E-state index contributed by atoms with van der Waals surface area (Å²) in [5.41, 5.74) is 1.84. The molecule has 0 aromatic heterocycles. The Morgan fingerprint density at radius 2 is 1.62 bits per heavy atom. The smallest absolute Gasteiger partial charge is 0.326 e. The summed E-state index contributed by atoms with van der Waals surface area (Å²) in [6.45, 7) is 4.57. The molecule has 1 spiro atoms. The maximum absolute atomic E-state index is 13.9. The molecule has 166 valence electrons. The first-order valence-electron chi connectivity index (χ1n) is 11.3. The summed E-state index contributed by atoms with van der Waals surface area (Å²) >= 11 is 0. The highest BCUT2D eigenvalue weighted by atomic mass is 16.6. The van der Waals surface area contributed by atoms with Gasteiger partial charge >= 0.3 is 11.9 Å². The minimum atomic E-state index is -1.56. The highest BCUT2D eigenvalue weighted by molar-refractivity contribution is 6.19. The van der Waals surface area contributed by atoms with E-state index in [2.05, 4.69) is 17.0 Å². The molecule has 0 N–H and O–H groups in total. The largest absolute Gasteiger partial charge is 0.465 e. The van der Waals surface area contributed by atoms with Gasteiger partial charge in [-0.3, -0.25) is 14.6 Å². The van der Waals surface area contributed by atoms with E-state index in [-0.39, 0.29) is 13.2 Å².